The third-order valence-corrected chi connectivity index (χ3v) is 4.48. The third-order valence-electron chi connectivity index (χ3n) is 4.48. The summed E-state index contributed by atoms with van der Waals surface area (Å²) in [6.07, 6.45) is 0.236. The molecule has 0 bridgehead atoms. The number of nitrogens with zero attached hydrogens (tertiary/aromatic N) is 1. The Morgan fingerprint density at radius 2 is 1.81 bits per heavy atom. The van der Waals surface area contributed by atoms with Crippen LogP contribution < -0.4 is 9.47 Å². The summed E-state index contributed by atoms with van der Waals surface area (Å²) in [5.74, 6) is 0.692. The second kappa shape index (κ2) is 8.58. The molecule has 6 nitrogen and oxygen atoms in total. The standard InChI is InChI=1S/C21H23NO5/c1-3-25-21(24)13-22(2)20(23)12-17(15-7-5-4-6-8-15)16-9-10-18-19(11-16)27-14-26-18/h4-11,17H,3,12-14H2,1-2H3/t17-/m1/s1. The molecule has 3 rings (SSSR count). The monoisotopic (exact) mass is 369 g/mol. The van der Waals surface area contributed by atoms with Gasteiger partial charge in [-0.1, -0.05) is 36.4 Å². The number of likely N-dealkylation sites (N-methyl/N-ethyl adjacent to an activating group) is 1. The Bertz CT molecular complexity index is 805. The number of fused-ring (bicyclic) bond motifs is 1. The van der Waals surface area contributed by atoms with Gasteiger partial charge in [0.15, 0.2) is 11.5 Å². The fraction of sp³-hybridized carbons (Fsp3) is 0.333. The van der Waals surface area contributed by atoms with Crippen LogP contribution in [0.1, 0.15) is 30.4 Å². The number of carbonyl (C=O) groups is 2. The van der Waals surface area contributed by atoms with Gasteiger partial charge in [-0.15, -0.1) is 0 Å². The maximum Gasteiger partial charge on any atom is 0.325 e. The number of hydrogen-bond donors (Lipinski definition) is 0. The predicted molar refractivity (Wildman–Crippen MR) is 99.7 cm³/mol. The van der Waals surface area contributed by atoms with Gasteiger partial charge in [-0.05, 0) is 30.2 Å². The van der Waals surface area contributed by atoms with Crippen LogP contribution in [0.25, 0.3) is 0 Å². The molecule has 1 heterocycles. The molecular formula is C21H23NO5. The number of ether oxygens (including phenoxy) is 3. The van der Waals surface area contributed by atoms with Crippen LogP contribution in [-0.4, -0.2) is 43.8 Å². The maximum atomic E-state index is 12.7. The van der Waals surface area contributed by atoms with E-state index in [0.717, 1.165) is 11.1 Å². The zero-order valence-corrected chi connectivity index (χ0v) is 15.5. The highest BCUT2D eigenvalue weighted by Gasteiger charge is 2.24. The minimum absolute atomic E-state index is 0.0602. The second-order valence-electron chi connectivity index (χ2n) is 6.33. The van der Waals surface area contributed by atoms with Crippen LogP contribution in [0.3, 0.4) is 0 Å². The van der Waals surface area contributed by atoms with Crippen molar-refractivity contribution in [3.8, 4) is 11.5 Å². The first-order chi connectivity index (χ1) is 13.1. The minimum atomic E-state index is -0.410. The molecule has 1 aliphatic rings. The van der Waals surface area contributed by atoms with Crippen molar-refractivity contribution in [2.75, 3.05) is 27.0 Å². The molecule has 0 saturated heterocycles. The Morgan fingerprint density at radius 1 is 1.07 bits per heavy atom. The summed E-state index contributed by atoms with van der Waals surface area (Å²) < 4.78 is 15.8. The summed E-state index contributed by atoms with van der Waals surface area (Å²) in [5.41, 5.74) is 1.98. The lowest BCUT2D eigenvalue weighted by Crippen LogP contribution is -2.34. The summed E-state index contributed by atoms with van der Waals surface area (Å²) in [6, 6.07) is 15.5. The highest BCUT2D eigenvalue weighted by atomic mass is 16.7. The molecule has 1 aliphatic heterocycles. The van der Waals surface area contributed by atoms with Crippen molar-refractivity contribution in [1.29, 1.82) is 0 Å². The molecule has 6 heteroatoms. The van der Waals surface area contributed by atoms with E-state index in [1.54, 1.807) is 14.0 Å². The van der Waals surface area contributed by atoms with Crippen molar-refractivity contribution in [3.63, 3.8) is 0 Å². The van der Waals surface area contributed by atoms with E-state index in [4.69, 9.17) is 14.2 Å². The van der Waals surface area contributed by atoms with E-state index in [0.29, 0.717) is 18.1 Å². The van der Waals surface area contributed by atoms with Gasteiger partial charge in [0.1, 0.15) is 6.54 Å². The lowest BCUT2D eigenvalue weighted by molar-refractivity contribution is -0.148. The van der Waals surface area contributed by atoms with Crippen molar-refractivity contribution < 1.29 is 23.8 Å². The van der Waals surface area contributed by atoms with Gasteiger partial charge in [-0.3, -0.25) is 9.59 Å². The first kappa shape index (κ1) is 18.8. The molecule has 2 aromatic carbocycles. The predicted octanol–water partition coefficient (Wildman–Crippen LogP) is 2.96. The molecule has 1 atom stereocenters. The van der Waals surface area contributed by atoms with Crippen molar-refractivity contribution in [2.24, 2.45) is 0 Å². The Kier molecular flexibility index (Phi) is 5.96. The van der Waals surface area contributed by atoms with Crippen molar-refractivity contribution in [2.45, 2.75) is 19.3 Å². The van der Waals surface area contributed by atoms with Gasteiger partial charge in [0.05, 0.1) is 6.61 Å². The van der Waals surface area contributed by atoms with Gasteiger partial charge in [0.2, 0.25) is 12.7 Å². The van der Waals surface area contributed by atoms with E-state index in [-0.39, 0.29) is 31.6 Å². The molecule has 0 aromatic heterocycles. The fourth-order valence-electron chi connectivity index (χ4n) is 3.06. The van der Waals surface area contributed by atoms with Crippen molar-refractivity contribution in [1.82, 2.24) is 4.90 Å². The molecule has 0 fully saturated rings. The van der Waals surface area contributed by atoms with E-state index in [1.807, 2.05) is 48.5 Å². The quantitative estimate of drug-likeness (QED) is 0.702. The Balaban J connectivity index is 1.81. The Morgan fingerprint density at radius 3 is 2.56 bits per heavy atom. The van der Waals surface area contributed by atoms with E-state index in [1.165, 1.54) is 4.90 Å². The molecule has 27 heavy (non-hydrogen) atoms. The topological polar surface area (TPSA) is 65.1 Å². The number of carbonyl (C=O) groups excluding carboxylic acids is 2. The zero-order valence-electron chi connectivity index (χ0n) is 15.5. The van der Waals surface area contributed by atoms with E-state index in [2.05, 4.69) is 0 Å². The summed E-state index contributed by atoms with van der Waals surface area (Å²) in [6.45, 7) is 2.18. The molecule has 0 unspecified atom stereocenters. The van der Waals surface area contributed by atoms with Crippen LogP contribution >= 0.6 is 0 Å². The molecule has 0 aliphatic carbocycles. The minimum Gasteiger partial charge on any atom is -0.465 e. The van der Waals surface area contributed by atoms with E-state index >= 15 is 0 Å². The van der Waals surface area contributed by atoms with Crippen LogP contribution in [0, 0.1) is 0 Å². The van der Waals surface area contributed by atoms with E-state index < -0.39 is 5.97 Å². The van der Waals surface area contributed by atoms with Crippen LogP contribution in [0.2, 0.25) is 0 Å². The van der Waals surface area contributed by atoms with Gasteiger partial charge in [0, 0.05) is 19.4 Å². The average Bonchev–Trinajstić information content (AvgIpc) is 3.14. The maximum absolute atomic E-state index is 12.7. The molecule has 0 radical (unpaired) electrons. The Labute approximate surface area is 158 Å². The Hall–Kier alpha value is -3.02. The van der Waals surface area contributed by atoms with Gasteiger partial charge in [-0.2, -0.15) is 0 Å². The molecule has 2 aromatic rings. The molecule has 0 N–H and O–H groups in total. The molecule has 1 amide bonds. The first-order valence-electron chi connectivity index (χ1n) is 8.92. The molecule has 0 saturated carbocycles. The largest absolute Gasteiger partial charge is 0.465 e. The smallest absolute Gasteiger partial charge is 0.325 e. The van der Waals surface area contributed by atoms with Crippen LogP contribution in [0.5, 0.6) is 11.5 Å². The van der Waals surface area contributed by atoms with Crippen molar-refractivity contribution >= 4 is 11.9 Å². The molecule has 0 spiro atoms. The summed E-state index contributed by atoms with van der Waals surface area (Å²) in [7, 11) is 1.61. The normalized spacial score (nSPS) is 13.1. The highest BCUT2D eigenvalue weighted by Crippen LogP contribution is 2.37. The fourth-order valence-corrected chi connectivity index (χ4v) is 3.06. The number of esters is 1. The summed E-state index contributed by atoms with van der Waals surface area (Å²) in [5, 5.41) is 0. The highest BCUT2D eigenvalue weighted by molar-refractivity contribution is 5.82. The van der Waals surface area contributed by atoms with Crippen LogP contribution in [0.15, 0.2) is 48.5 Å². The molecule has 142 valence electrons. The van der Waals surface area contributed by atoms with Crippen LogP contribution in [-0.2, 0) is 14.3 Å². The third kappa shape index (κ3) is 4.58. The lowest BCUT2D eigenvalue weighted by atomic mass is 9.88. The number of benzene rings is 2. The van der Waals surface area contributed by atoms with Gasteiger partial charge < -0.3 is 19.1 Å². The van der Waals surface area contributed by atoms with Gasteiger partial charge in [-0.25, -0.2) is 0 Å². The summed E-state index contributed by atoms with van der Waals surface area (Å²) >= 11 is 0. The first-order valence-corrected chi connectivity index (χ1v) is 8.92. The zero-order chi connectivity index (χ0) is 19.2. The average molecular weight is 369 g/mol. The van der Waals surface area contributed by atoms with Crippen molar-refractivity contribution in [3.05, 3.63) is 59.7 Å². The van der Waals surface area contributed by atoms with Gasteiger partial charge >= 0.3 is 5.97 Å². The second-order valence-corrected chi connectivity index (χ2v) is 6.33. The SMILES string of the molecule is CCOC(=O)CN(C)C(=O)C[C@H](c1ccccc1)c1ccc2c(c1)OCO2. The summed E-state index contributed by atoms with van der Waals surface area (Å²) in [4.78, 5) is 25.8. The number of hydrogen-bond acceptors (Lipinski definition) is 5. The lowest BCUT2D eigenvalue weighted by Gasteiger charge is -2.22. The van der Waals surface area contributed by atoms with Gasteiger partial charge in [0.25, 0.3) is 0 Å². The number of amides is 1. The number of rotatable bonds is 7. The van der Waals surface area contributed by atoms with Crippen LogP contribution in [0.4, 0.5) is 0 Å². The molecular weight excluding hydrogens is 346 g/mol. The van der Waals surface area contributed by atoms with E-state index in [9.17, 15) is 9.59 Å².